The van der Waals surface area contributed by atoms with Crippen LogP contribution in [0.2, 0.25) is 0 Å². The lowest BCUT2D eigenvalue weighted by Crippen LogP contribution is -2.12. The smallest absolute Gasteiger partial charge is 0.270 e. The molecule has 0 fully saturated rings. The number of rotatable bonds is 1. The van der Waals surface area contributed by atoms with Gasteiger partial charge in [0.1, 0.15) is 0 Å². The summed E-state index contributed by atoms with van der Waals surface area (Å²) >= 11 is 0. The van der Waals surface area contributed by atoms with Crippen molar-refractivity contribution in [3.8, 4) is 0 Å². The number of nitro groups is 1. The van der Waals surface area contributed by atoms with Gasteiger partial charge in [-0.25, -0.2) is 0 Å². The molecule has 0 amide bonds. The van der Waals surface area contributed by atoms with Gasteiger partial charge in [0.25, 0.3) is 5.69 Å². The first-order chi connectivity index (χ1) is 7.22. The predicted molar refractivity (Wildman–Crippen MR) is 54.4 cm³/mol. The maximum Gasteiger partial charge on any atom is 0.270 e. The van der Waals surface area contributed by atoms with Crippen LogP contribution in [-0.4, -0.2) is 15.8 Å². The molecule has 0 saturated carbocycles. The number of oxime groups is 1. The second-order valence-corrected chi connectivity index (χ2v) is 3.50. The average molecular weight is 206 g/mol. The fourth-order valence-electron chi connectivity index (χ4n) is 1.85. The molecule has 1 aromatic carbocycles. The third-order valence-corrected chi connectivity index (χ3v) is 2.60. The predicted octanol–water partition coefficient (Wildman–Crippen LogP) is 2.11. The minimum atomic E-state index is -0.441. The van der Waals surface area contributed by atoms with Crippen molar-refractivity contribution in [1.29, 1.82) is 0 Å². The van der Waals surface area contributed by atoms with Gasteiger partial charge in [-0.1, -0.05) is 11.2 Å². The van der Waals surface area contributed by atoms with Crippen molar-refractivity contribution in [1.82, 2.24) is 0 Å². The maximum absolute atomic E-state index is 10.6. The molecule has 0 heterocycles. The molecule has 2 rings (SSSR count). The first-order valence-corrected chi connectivity index (χ1v) is 4.71. The van der Waals surface area contributed by atoms with Gasteiger partial charge >= 0.3 is 0 Å². The van der Waals surface area contributed by atoms with Crippen LogP contribution in [0.5, 0.6) is 0 Å². The van der Waals surface area contributed by atoms with Crippen molar-refractivity contribution in [3.63, 3.8) is 0 Å². The van der Waals surface area contributed by atoms with Crippen LogP contribution < -0.4 is 0 Å². The van der Waals surface area contributed by atoms with Gasteiger partial charge in [-0.2, -0.15) is 0 Å². The van der Waals surface area contributed by atoms with E-state index in [4.69, 9.17) is 5.21 Å². The number of nitrogens with zero attached hydrogens (tertiary/aromatic N) is 2. The van der Waals surface area contributed by atoms with E-state index in [1.54, 1.807) is 6.07 Å². The fourth-order valence-corrected chi connectivity index (χ4v) is 1.85. The third-order valence-electron chi connectivity index (χ3n) is 2.60. The lowest BCUT2D eigenvalue weighted by atomic mass is 9.90. The maximum atomic E-state index is 10.6. The molecule has 0 aliphatic heterocycles. The van der Waals surface area contributed by atoms with Gasteiger partial charge in [-0.3, -0.25) is 10.1 Å². The largest absolute Gasteiger partial charge is 0.411 e. The fraction of sp³-hybridized carbons (Fsp3) is 0.300. The van der Waals surface area contributed by atoms with Crippen molar-refractivity contribution < 1.29 is 10.1 Å². The highest BCUT2D eigenvalue weighted by Crippen LogP contribution is 2.25. The molecular formula is C10H10N2O3. The van der Waals surface area contributed by atoms with Crippen LogP contribution in [0.1, 0.15) is 24.0 Å². The standard InChI is InChI=1S/C10H10N2O3/c13-11-10-3-1-2-7-4-5-8(12(14)15)6-9(7)10/h4-6,13H,1-3H2. The molecule has 0 unspecified atom stereocenters. The quantitative estimate of drug-likeness (QED) is 0.434. The Balaban J connectivity index is 2.53. The Hall–Kier alpha value is -1.91. The van der Waals surface area contributed by atoms with Gasteiger partial charge in [0, 0.05) is 17.7 Å². The molecular weight excluding hydrogens is 196 g/mol. The summed E-state index contributed by atoms with van der Waals surface area (Å²) in [4.78, 5) is 10.1. The van der Waals surface area contributed by atoms with Gasteiger partial charge in [-0.05, 0) is 24.8 Å². The molecule has 5 nitrogen and oxygen atoms in total. The Kier molecular flexibility index (Phi) is 2.37. The summed E-state index contributed by atoms with van der Waals surface area (Å²) in [6.07, 6.45) is 2.47. The number of fused-ring (bicyclic) bond motifs is 1. The zero-order valence-electron chi connectivity index (χ0n) is 8.01. The minimum absolute atomic E-state index is 0.0387. The Morgan fingerprint density at radius 3 is 2.87 bits per heavy atom. The summed E-state index contributed by atoms with van der Waals surface area (Å²) in [5.41, 5.74) is 2.30. The number of benzene rings is 1. The van der Waals surface area contributed by atoms with Crippen LogP contribution in [0.4, 0.5) is 5.69 Å². The lowest BCUT2D eigenvalue weighted by molar-refractivity contribution is -0.384. The number of nitro benzene ring substituents is 1. The highest BCUT2D eigenvalue weighted by Gasteiger charge is 2.19. The molecule has 0 saturated heterocycles. The van der Waals surface area contributed by atoms with Gasteiger partial charge in [0.2, 0.25) is 0 Å². The number of hydrogen-bond donors (Lipinski definition) is 1. The minimum Gasteiger partial charge on any atom is -0.411 e. The number of non-ortho nitro benzene ring substituents is 1. The summed E-state index contributed by atoms with van der Waals surface area (Å²) in [5.74, 6) is 0. The van der Waals surface area contributed by atoms with Gasteiger partial charge in [0.05, 0.1) is 10.6 Å². The van der Waals surface area contributed by atoms with E-state index >= 15 is 0 Å². The van der Waals surface area contributed by atoms with Crippen molar-refractivity contribution in [3.05, 3.63) is 39.4 Å². The van der Waals surface area contributed by atoms with Gasteiger partial charge < -0.3 is 5.21 Å². The lowest BCUT2D eigenvalue weighted by Gasteiger charge is -2.15. The van der Waals surface area contributed by atoms with Gasteiger partial charge in [-0.15, -0.1) is 0 Å². The van der Waals surface area contributed by atoms with E-state index < -0.39 is 4.92 Å². The highest BCUT2D eigenvalue weighted by atomic mass is 16.6. The molecule has 0 aromatic heterocycles. The van der Waals surface area contributed by atoms with E-state index in [1.165, 1.54) is 12.1 Å². The highest BCUT2D eigenvalue weighted by molar-refractivity contribution is 6.02. The first-order valence-electron chi connectivity index (χ1n) is 4.71. The van der Waals surface area contributed by atoms with Crippen molar-refractivity contribution in [2.24, 2.45) is 5.16 Å². The Morgan fingerprint density at radius 1 is 1.40 bits per heavy atom. The van der Waals surface area contributed by atoms with Crippen molar-refractivity contribution in [2.75, 3.05) is 0 Å². The molecule has 0 atom stereocenters. The van der Waals surface area contributed by atoms with E-state index in [0.29, 0.717) is 17.7 Å². The SMILES string of the molecule is O=[N+]([O-])c1ccc2c(c1)C(=NO)CCC2. The molecule has 5 heteroatoms. The van der Waals surface area contributed by atoms with Crippen LogP contribution in [0, 0.1) is 10.1 Å². The van der Waals surface area contributed by atoms with E-state index in [2.05, 4.69) is 5.16 Å². The van der Waals surface area contributed by atoms with Crippen LogP contribution in [-0.2, 0) is 6.42 Å². The summed E-state index contributed by atoms with van der Waals surface area (Å²) in [7, 11) is 0. The van der Waals surface area contributed by atoms with Gasteiger partial charge in [0.15, 0.2) is 0 Å². The van der Waals surface area contributed by atoms with Crippen LogP contribution in [0.25, 0.3) is 0 Å². The first kappa shape index (κ1) is 9.64. The zero-order chi connectivity index (χ0) is 10.8. The second-order valence-electron chi connectivity index (χ2n) is 3.50. The molecule has 0 spiro atoms. The summed E-state index contributed by atoms with van der Waals surface area (Å²) in [6, 6.07) is 4.69. The second kappa shape index (κ2) is 3.68. The van der Waals surface area contributed by atoms with E-state index in [9.17, 15) is 10.1 Å². The molecule has 1 aromatic rings. The number of aryl methyl sites for hydroxylation is 1. The third kappa shape index (κ3) is 1.68. The average Bonchev–Trinajstić information content (AvgIpc) is 2.27. The molecule has 0 bridgehead atoms. The molecule has 78 valence electrons. The van der Waals surface area contributed by atoms with E-state index in [1.807, 2.05) is 0 Å². The van der Waals surface area contributed by atoms with Crippen LogP contribution in [0.3, 0.4) is 0 Å². The zero-order valence-corrected chi connectivity index (χ0v) is 8.01. The summed E-state index contributed by atoms with van der Waals surface area (Å²) in [6.45, 7) is 0. The molecule has 1 aliphatic carbocycles. The van der Waals surface area contributed by atoms with E-state index in [0.717, 1.165) is 18.4 Å². The molecule has 0 radical (unpaired) electrons. The summed E-state index contributed by atoms with van der Waals surface area (Å²) < 4.78 is 0. The Labute approximate surface area is 86.2 Å². The normalized spacial score (nSPS) is 17.5. The Bertz CT molecular complexity index is 440. The number of hydrogen-bond acceptors (Lipinski definition) is 4. The molecule has 1 N–H and O–H groups in total. The Morgan fingerprint density at radius 2 is 2.20 bits per heavy atom. The molecule has 1 aliphatic rings. The monoisotopic (exact) mass is 206 g/mol. The molecule has 15 heavy (non-hydrogen) atoms. The van der Waals surface area contributed by atoms with Crippen molar-refractivity contribution >= 4 is 11.4 Å². The summed E-state index contributed by atoms with van der Waals surface area (Å²) in [5, 5.41) is 22.6. The van der Waals surface area contributed by atoms with Crippen LogP contribution >= 0.6 is 0 Å². The van der Waals surface area contributed by atoms with Crippen molar-refractivity contribution in [2.45, 2.75) is 19.3 Å². The van der Waals surface area contributed by atoms with Crippen LogP contribution in [0.15, 0.2) is 23.4 Å². The topological polar surface area (TPSA) is 75.7 Å². The van der Waals surface area contributed by atoms with E-state index in [-0.39, 0.29) is 5.69 Å².